The quantitative estimate of drug-likeness (QED) is 0.770. The average Bonchev–Trinajstić information content (AvgIpc) is 3.32. The molecule has 0 spiro atoms. The van der Waals surface area contributed by atoms with E-state index in [2.05, 4.69) is 14.5 Å². The summed E-state index contributed by atoms with van der Waals surface area (Å²) in [6.07, 6.45) is 5.85. The van der Waals surface area contributed by atoms with Gasteiger partial charge in [0, 0.05) is 25.5 Å². The van der Waals surface area contributed by atoms with Crippen molar-refractivity contribution in [1.82, 2.24) is 14.5 Å². The molecule has 2 aromatic carbocycles. The number of imidazole rings is 1. The van der Waals surface area contributed by atoms with Gasteiger partial charge in [-0.1, -0.05) is 60.7 Å². The van der Waals surface area contributed by atoms with Crippen LogP contribution >= 0.6 is 0 Å². The molecule has 0 aliphatic carbocycles. The van der Waals surface area contributed by atoms with Gasteiger partial charge in [-0.15, -0.1) is 0 Å². The number of likely N-dealkylation sites (tertiary alicyclic amines) is 1. The lowest BCUT2D eigenvalue weighted by atomic mass is 9.79. The van der Waals surface area contributed by atoms with Gasteiger partial charge in [0.15, 0.2) is 0 Å². The van der Waals surface area contributed by atoms with Crippen LogP contribution in [-0.4, -0.2) is 32.1 Å². The summed E-state index contributed by atoms with van der Waals surface area (Å²) < 4.78 is 2.06. The third kappa shape index (κ3) is 2.96. The Kier molecular flexibility index (Phi) is 4.62. The monoisotopic (exact) mass is 347 g/mol. The summed E-state index contributed by atoms with van der Waals surface area (Å²) in [4.78, 5) is 6.86. The summed E-state index contributed by atoms with van der Waals surface area (Å²) in [5, 5.41) is 12.1. The molecule has 4 heteroatoms. The lowest BCUT2D eigenvalue weighted by Gasteiger charge is -2.40. The lowest BCUT2D eigenvalue weighted by molar-refractivity contribution is -0.00750. The van der Waals surface area contributed by atoms with Crippen LogP contribution in [0.3, 0.4) is 0 Å². The predicted molar refractivity (Wildman–Crippen MR) is 103 cm³/mol. The molecule has 0 bridgehead atoms. The lowest BCUT2D eigenvalue weighted by Crippen LogP contribution is -2.48. The number of benzene rings is 2. The highest BCUT2D eigenvalue weighted by atomic mass is 16.3. The van der Waals surface area contributed by atoms with E-state index in [4.69, 9.17) is 0 Å². The van der Waals surface area contributed by atoms with Crippen LogP contribution in [0.4, 0.5) is 0 Å². The Hall–Kier alpha value is -2.43. The number of hydrogen-bond acceptors (Lipinski definition) is 3. The Labute approximate surface area is 154 Å². The minimum Gasteiger partial charge on any atom is -0.379 e. The van der Waals surface area contributed by atoms with Crippen LogP contribution in [0.25, 0.3) is 0 Å². The highest BCUT2D eigenvalue weighted by Gasteiger charge is 2.45. The van der Waals surface area contributed by atoms with Crippen molar-refractivity contribution in [2.24, 2.45) is 7.05 Å². The number of aliphatic hydroxyl groups is 1. The Balaban J connectivity index is 1.75. The Morgan fingerprint density at radius 3 is 2.19 bits per heavy atom. The molecule has 1 aromatic heterocycles. The normalized spacial score (nSPS) is 18.3. The maximum Gasteiger partial charge on any atom is 0.130 e. The van der Waals surface area contributed by atoms with Crippen molar-refractivity contribution in [2.75, 3.05) is 6.54 Å². The summed E-state index contributed by atoms with van der Waals surface area (Å²) in [5.41, 5.74) is 0.857. The zero-order chi connectivity index (χ0) is 18.0. The van der Waals surface area contributed by atoms with E-state index >= 15 is 0 Å². The van der Waals surface area contributed by atoms with Crippen molar-refractivity contribution >= 4 is 0 Å². The second-order valence-corrected chi connectivity index (χ2v) is 7.08. The standard InChI is InChI=1S/C22H25N3O/c1-24-16-14-23-21(24)17-25-15-8-13-20(25)22(26,18-9-4-2-5-10-18)19-11-6-3-7-12-19/h2-7,9-12,14,16,20,26H,8,13,15,17H2,1H3/t20-/m0/s1. The fourth-order valence-corrected chi connectivity index (χ4v) is 4.15. The van der Waals surface area contributed by atoms with E-state index < -0.39 is 5.60 Å². The fourth-order valence-electron chi connectivity index (χ4n) is 4.15. The number of aromatic nitrogens is 2. The summed E-state index contributed by atoms with van der Waals surface area (Å²) in [7, 11) is 2.02. The Morgan fingerprint density at radius 1 is 1.04 bits per heavy atom. The van der Waals surface area contributed by atoms with Crippen LogP contribution in [0.1, 0.15) is 29.8 Å². The fraction of sp³-hybridized carbons (Fsp3) is 0.318. The van der Waals surface area contributed by atoms with Crippen molar-refractivity contribution < 1.29 is 5.11 Å². The third-order valence-corrected chi connectivity index (χ3v) is 5.54. The zero-order valence-electron chi connectivity index (χ0n) is 15.1. The molecule has 3 aromatic rings. The Morgan fingerprint density at radius 2 is 1.65 bits per heavy atom. The second-order valence-electron chi connectivity index (χ2n) is 7.08. The predicted octanol–water partition coefficient (Wildman–Crippen LogP) is 3.32. The molecule has 0 unspecified atom stereocenters. The smallest absolute Gasteiger partial charge is 0.130 e. The van der Waals surface area contributed by atoms with Crippen molar-refractivity contribution in [1.29, 1.82) is 0 Å². The first-order valence-electron chi connectivity index (χ1n) is 9.23. The molecule has 1 aliphatic heterocycles. The second kappa shape index (κ2) is 7.06. The SMILES string of the molecule is Cn1ccnc1CN1CCC[C@H]1C(O)(c1ccccc1)c1ccccc1. The third-order valence-electron chi connectivity index (χ3n) is 5.54. The van der Waals surface area contributed by atoms with Gasteiger partial charge in [0.1, 0.15) is 11.4 Å². The molecule has 0 saturated carbocycles. The van der Waals surface area contributed by atoms with Crippen molar-refractivity contribution in [2.45, 2.75) is 31.0 Å². The van der Waals surface area contributed by atoms with E-state index in [9.17, 15) is 5.11 Å². The molecule has 1 atom stereocenters. The van der Waals surface area contributed by atoms with Crippen molar-refractivity contribution in [3.8, 4) is 0 Å². The van der Waals surface area contributed by atoms with Gasteiger partial charge in [-0.25, -0.2) is 4.98 Å². The van der Waals surface area contributed by atoms with Gasteiger partial charge in [-0.2, -0.15) is 0 Å². The molecule has 4 nitrogen and oxygen atoms in total. The molecular formula is C22H25N3O. The summed E-state index contributed by atoms with van der Waals surface area (Å²) in [5.74, 6) is 1.03. The van der Waals surface area contributed by atoms with Crippen LogP contribution in [-0.2, 0) is 19.2 Å². The molecule has 0 radical (unpaired) electrons. The van der Waals surface area contributed by atoms with Crippen LogP contribution < -0.4 is 0 Å². The minimum absolute atomic E-state index is 0.0176. The van der Waals surface area contributed by atoms with Crippen molar-refractivity contribution in [3.63, 3.8) is 0 Å². The first-order chi connectivity index (χ1) is 12.7. The molecule has 1 fully saturated rings. The van der Waals surface area contributed by atoms with Gasteiger partial charge in [-0.05, 0) is 30.5 Å². The highest BCUT2D eigenvalue weighted by Crippen LogP contribution is 2.40. The van der Waals surface area contributed by atoms with Crippen molar-refractivity contribution in [3.05, 3.63) is 90.0 Å². The van der Waals surface area contributed by atoms with Gasteiger partial charge in [0.2, 0.25) is 0 Å². The first-order valence-corrected chi connectivity index (χ1v) is 9.23. The van der Waals surface area contributed by atoms with Gasteiger partial charge in [0.25, 0.3) is 0 Å². The van der Waals surface area contributed by atoms with Crippen LogP contribution in [0.2, 0.25) is 0 Å². The number of nitrogens with zero attached hydrogens (tertiary/aromatic N) is 3. The highest BCUT2D eigenvalue weighted by molar-refractivity contribution is 5.38. The van der Waals surface area contributed by atoms with Gasteiger partial charge in [0.05, 0.1) is 6.54 Å². The molecular weight excluding hydrogens is 322 g/mol. The van der Waals surface area contributed by atoms with Gasteiger partial charge < -0.3 is 9.67 Å². The average molecular weight is 347 g/mol. The van der Waals surface area contributed by atoms with Crippen LogP contribution in [0, 0.1) is 0 Å². The molecule has 134 valence electrons. The number of aryl methyl sites for hydroxylation is 1. The topological polar surface area (TPSA) is 41.3 Å². The van der Waals surface area contributed by atoms with Gasteiger partial charge in [-0.3, -0.25) is 4.90 Å². The van der Waals surface area contributed by atoms with E-state index in [0.29, 0.717) is 0 Å². The van der Waals surface area contributed by atoms with E-state index in [1.54, 1.807) is 0 Å². The van der Waals surface area contributed by atoms with E-state index in [1.807, 2.05) is 80.1 Å². The summed E-state index contributed by atoms with van der Waals surface area (Å²) in [6, 6.07) is 20.1. The zero-order valence-corrected chi connectivity index (χ0v) is 15.1. The van der Waals surface area contributed by atoms with E-state index in [1.165, 1.54) is 0 Å². The molecule has 0 amide bonds. The molecule has 1 aliphatic rings. The van der Waals surface area contributed by atoms with Crippen LogP contribution in [0.15, 0.2) is 73.1 Å². The molecule has 26 heavy (non-hydrogen) atoms. The van der Waals surface area contributed by atoms with E-state index in [-0.39, 0.29) is 6.04 Å². The summed E-state index contributed by atoms with van der Waals surface area (Å²) >= 11 is 0. The summed E-state index contributed by atoms with van der Waals surface area (Å²) in [6.45, 7) is 1.72. The van der Waals surface area contributed by atoms with Gasteiger partial charge >= 0.3 is 0 Å². The molecule has 4 rings (SSSR count). The number of hydrogen-bond donors (Lipinski definition) is 1. The Bertz CT molecular complexity index is 805. The minimum atomic E-state index is -1.04. The number of rotatable bonds is 5. The maximum atomic E-state index is 12.1. The maximum absolute atomic E-state index is 12.1. The molecule has 2 heterocycles. The first kappa shape index (κ1) is 17.0. The molecule has 1 saturated heterocycles. The largest absolute Gasteiger partial charge is 0.379 e. The van der Waals surface area contributed by atoms with Crippen LogP contribution in [0.5, 0.6) is 0 Å². The van der Waals surface area contributed by atoms with E-state index in [0.717, 1.165) is 42.9 Å². The molecule has 1 N–H and O–H groups in total.